The number of urea groups is 1. The minimum absolute atomic E-state index is 0.358. The summed E-state index contributed by atoms with van der Waals surface area (Å²) in [7, 11) is 1.44. The number of imide groups is 1. The number of nitrogens with one attached hydrogen (secondary N) is 2. The quantitative estimate of drug-likeness (QED) is 0.682. The smallest absolute Gasteiger partial charge is 0.321 e. The number of carbonyl (C=O) groups is 2. The molecule has 1 aromatic carbocycles. The van der Waals surface area contributed by atoms with Gasteiger partial charge in [0, 0.05) is 12.7 Å². The second-order valence-electron chi connectivity index (χ2n) is 4.03. The molecule has 1 aromatic rings. The molecule has 0 saturated heterocycles. The molecular formula is C13H19N3O3. The van der Waals surface area contributed by atoms with Crippen molar-refractivity contribution in [2.24, 2.45) is 0 Å². The minimum Gasteiger partial charge on any atom is -0.399 e. The first-order valence-corrected chi connectivity index (χ1v) is 6.02. The number of anilines is 1. The third-order valence-electron chi connectivity index (χ3n) is 2.63. The fourth-order valence-electron chi connectivity index (χ4n) is 1.46. The monoisotopic (exact) mass is 265 g/mol. The van der Waals surface area contributed by atoms with Crippen molar-refractivity contribution in [1.82, 2.24) is 10.6 Å². The predicted molar refractivity (Wildman–Crippen MR) is 72.6 cm³/mol. The Balaban J connectivity index is 2.35. The summed E-state index contributed by atoms with van der Waals surface area (Å²) in [5, 5.41) is 4.45. The largest absolute Gasteiger partial charge is 0.399 e. The van der Waals surface area contributed by atoms with Gasteiger partial charge in [-0.15, -0.1) is 0 Å². The zero-order valence-corrected chi connectivity index (χ0v) is 11.1. The van der Waals surface area contributed by atoms with Crippen LogP contribution in [0, 0.1) is 0 Å². The van der Waals surface area contributed by atoms with Crippen LogP contribution in [-0.4, -0.2) is 31.7 Å². The van der Waals surface area contributed by atoms with Crippen LogP contribution >= 0.6 is 0 Å². The molecule has 0 aliphatic carbocycles. The van der Waals surface area contributed by atoms with E-state index in [1.165, 1.54) is 7.05 Å². The van der Waals surface area contributed by atoms with Crippen LogP contribution in [0.2, 0.25) is 0 Å². The molecule has 19 heavy (non-hydrogen) atoms. The van der Waals surface area contributed by atoms with E-state index in [4.69, 9.17) is 10.5 Å². The van der Waals surface area contributed by atoms with Crippen molar-refractivity contribution >= 4 is 17.6 Å². The van der Waals surface area contributed by atoms with Gasteiger partial charge in [-0.1, -0.05) is 18.2 Å². The highest BCUT2D eigenvalue weighted by atomic mass is 16.5. The summed E-state index contributed by atoms with van der Waals surface area (Å²) in [5.74, 6) is -0.472. The molecule has 0 aliphatic rings. The second kappa shape index (κ2) is 7.38. The zero-order valence-electron chi connectivity index (χ0n) is 11.1. The molecule has 1 rings (SSSR count). The van der Waals surface area contributed by atoms with E-state index in [1.54, 1.807) is 6.92 Å². The molecule has 6 heteroatoms. The van der Waals surface area contributed by atoms with E-state index in [2.05, 4.69) is 10.6 Å². The van der Waals surface area contributed by atoms with E-state index in [0.717, 1.165) is 5.56 Å². The van der Waals surface area contributed by atoms with E-state index < -0.39 is 18.0 Å². The molecule has 6 nitrogen and oxygen atoms in total. The summed E-state index contributed by atoms with van der Waals surface area (Å²) in [4.78, 5) is 22.5. The number of amides is 3. The van der Waals surface area contributed by atoms with Crippen molar-refractivity contribution in [2.75, 3.05) is 19.4 Å². The summed E-state index contributed by atoms with van der Waals surface area (Å²) in [6.45, 7) is 1.95. The van der Waals surface area contributed by atoms with Crippen LogP contribution < -0.4 is 16.4 Å². The lowest BCUT2D eigenvalue weighted by Gasteiger charge is -2.13. The zero-order chi connectivity index (χ0) is 14.3. The molecule has 0 aliphatic heterocycles. The number of hydrogen-bond acceptors (Lipinski definition) is 4. The molecule has 0 heterocycles. The van der Waals surface area contributed by atoms with E-state index in [-0.39, 0.29) is 0 Å². The molecule has 0 spiro atoms. The first kappa shape index (κ1) is 15.0. The first-order valence-electron chi connectivity index (χ1n) is 6.02. The number of nitrogens with two attached hydrogens (primary N) is 1. The van der Waals surface area contributed by atoms with Crippen LogP contribution in [0.15, 0.2) is 24.3 Å². The number of benzene rings is 1. The fraction of sp³-hybridized carbons (Fsp3) is 0.385. The summed E-state index contributed by atoms with van der Waals surface area (Å²) >= 11 is 0. The van der Waals surface area contributed by atoms with Gasteiger partial charge < -0.3 is 15.8 Å². The van der Waals surface area contributed by atoms with Crippen LogP contribution in [0.3, 0.4) is 0 Å². The molecule has 0 aromatic heterocycles. The van der Waals surface area contributed by atoms with Crippen molar-refractivity contribution in [3.05, 3.63) is 29.8 Å². The average Bonchev–Trinajstić information content (AvgIpc) is 2.40. The van der Waals surface area contributed by atoms with Gasteiger partial charge in [0.15, 0.2) is 0 Å². The Morgan fingerprint density at radius 3 is 2.68 bits per heavy atom. The molecule has 3 amide bonds. The van der Waals surface area contributed by atoms with Crippen LogP contribution in [-0.2, 0) is 16.0 Å². The third-order valence-corrected chi connectivity index (χ3v) is 2.63. The van der Waals surface area contributed by atoms with Crippen molar-refractivity contribution in [2.45, 2.75) is 19.4 Å². The summed E-state index contributed by atoms with van der Waals surface area (Å²) in [5.41, 5.74) is 7.47. The number of hydrogen-bond donors (Lipinski definition) is 3. The minimum atomic E-state index is -0.692. The fourth-order valence-corrected chi connectivity index (χ4v) is 1.46. The number of para-hydroxylation sites is 1. The predicted octanol–water partition coefficient (Wildman–Crippen LogP) is 0.672. The Morgan fingerprint density at radius 2 is 2.05 bits per heavy atom. The average molecular weight is 265 g/mol. The van der Waals surface area contributed by atoms with Crippen LogP contribution in [0.5, 0.6) is 0 Å². The Morgan fingerprint density at radius 1 is 1.37 bits per heavy atom. The summed E-state index contributed by atoms with van der Waals surface area (Å²) < 4.78 is 5.36. The van der Waals surface area contributed by atoms with E-state index in [9.17, 15) is 9.59 Å². The highest BCUT2D eigenvalue weighted by Gasteiger charge is 2.15. The molecule has 1 atom stereocenters. The van der Waals surface area contributed by atoms with Gasteiger partial charge in [0.2, 0.25) is 0 Å². The molecule has 4 N–H and O–H groups in total. The third kappa shape index (κ3) is 4.97. The summed E-state index contributed by atoms with van der Waals surface area (Å²) in [6, 6.07) is 6.94. The van der Waals surface area contributed by atoms with Gasteiger partial charge in [-0.25, -0.2) is 4.79 Å². The molecule has 0 radical (unpaired) electrons. The second-order valence-corrected chi connectivity index (χ2v) is 4.03. The molecular weight excluding hydrogens is 246 g/mol. The highest BCUT2D eigenvalue weighted by molar-refractivity contribution is 5.96. The number of nitrogen functional groups attached to an aromatic ring is 1. The van der Waals surface area contributed by atoms with Gasteiger partial charge in [0.05, 0.1) is 6.61 Å². The van der Waals surface area contributed by atoms with E-state index in [1.807, 2.05) is 24.3 Å². The lowest BCUT2D eigenvalue weighted by Crippen LogP contribution is -2.43. The Hall–Kier alpha value is -2.08. The summed E-state index contributed by atoms with van der Waals surface area (Å²) in [6.07, 6.45) is -0.0770. The molecule has 1 unspecified atom stereocenters. The SMILES string of the molecule is CNC(=O)NC(=O)C(C)OCCc1ccccc1N. The number of carbonyl (C=O) groups excluding carboxylic acids is 2. The number of ether oxygens (including phenoxy) is 1. The standard InChI is InChI=1S/C13H19N3O3/c1-9(12(17)16-13(18)15-2)19-8-7-10-5-3-4-6-11(10)14/h3-6,9H,7-8,14H2,1-2H3,(H2,15,16,17,18). The topological polar surface area (TPSA) is 93.5 Å². The van der Waals surface area contributed by atoms with Crippen LogP contribution in [0.4, 0.5) is 10.5 Å². The van der Waals surface area contributed by atoms with E-state index >= 15 is 0 Å². The van der Waals surface area contributed by atoms with Crippen molar-refractivity contribution in [1.29, 1.82) is 0 Å². The van der Waals surface area contributed by atoms with Gasteiger partial charge in [-0.3, -0.25) is 10.1 Å². The maximum atomic E-state index is 11.5. The van der Waals surface area contributed by atoms with Gasteiger partial charge >= 0.3 is 6.03 Å². The Bertz CT molecular complexity index is 449. The molecule has 0 bridgehead atoms. The normalized spacial score (nSPS) is 11.7. The van der Waals surface area contributed by atoms with Gasteiger partial charge in [0.25, 0.3) is 5.91 Å². The van der Waals surface area contributed by atoms with Gasteiger partial charge in [-0.05, 0) is 25.0 Å². The Labute approximate surface area is 112 Å². The highest BCUT2D eigenvalue weighted by Crippen LogP contribution is 2.11. The van der Waals surface area contributed by atoms with Crippen molar-refractivity contribution in [3.8, 4) is 0 Å². The van der Waals surface area contributed by atoms with Gasteiger partial charge in [-0.2, -0.15) is 0 Å². The lowest BCUT2D eigenvalue weighted by molar-refractivity contribution is -0.130. The molecule has 104 valence electrons. The van der Waals surface area contributed by atoms with Crippen molar-refractivity contribution < 1.29 is 14.3 Å². The molecule has 0 saturated carbocycles. The number of rotatable bonds is 5. The van der Waals surface area contributed by atoms with Crippen LogP contribution in [0.1, 0.15) is 12.5 Å². The van der Waals surface area contributed by atoms with Crippen molar-refractivity contribution in [3.63, 3.8) is 0 Å². The maximum Gasteiger partial charge on any atom is 0.321 e. The maximum absolute atomic E-state index is 11.5. The Kier molecular flexibility index (Phi) is 5.81. The first-order chi connectivity index (χ1) is 9.04. The van der Waals surface area contributed by atoms with Gasteiger partial charge in [0.1, 0.15) is 6.10 Å². The van der Waals surface area contributed by atoms with Crippen LogP contribution in [0.25, 0.3) is 0 Å². The molecule has 0 fully saturated rings. The van der Waals surface area contributed by atoms with E-state index in [0.29, 0.717) is 18.7 Å². The lowest BCUT2D eigenvalue weighted by atomic mass is 10.1.